The number of benzene rings is 1. The van der Waals surface area contributed by atoms with Crippen LogP contribution in [0.2, 0.25) is 5.02 Å². The number of pyridine rings is 1. The molecule has 5 heteroatoms. The van der Waals surface area contributed by atoms with Gasteiger partial charge in [0, 0.05) is 6.20 Å². The molecule has 0 atom stereocenters. The number of rotatable bonds is 4. The number of fused-ring (bicyclic) bond motifs is 1. The third-order valence-corrected chi connectivity index (χ3v) is 3.78. The Bertz CT molecular complexity index is 574. The molecule has 0 aliphatic rings. The van der Waals surface area contributed by atoms with E-state index in [1.54, 1.807) is 6.20 Å². The number of ether oxygens (including phenoxy) is 2. The van der Waals surface area contributed by atoms with E-state index in [1.165, 1.54) is 0 Å². The van der Waals surface area contributed by atoms with Gasteiger partial charge in [0.15, 0.2) is 0 Å². The molecule has 0 saturated heterocycles. The van der Waals surface area contributed by atoms with Gasteiger partial charge in [0.05, 0.1) is 28.1 Å². The first-order valence-corrected chi connectivity index (χ1v) is 6.88. The Kier molecular flexibility index (Phi) is 4.30. The SMILES string of the molecule is CCOc1ccc(OCC)c2c(Br)c(Cl)cnc12. The maximum atomic E-state index is 6.08. The highest BCUT2D eigenvalue weighted by atomic mass is 79.9. The molecular formula is C13H13BrClNO2. The molecule has 0 N–H and O–H groups in total. The van der Waals surface area contributed by atoms with E-state index in [9.17, 15) is 0 Å². The number of hydrogen-bond donors (Lipinski definition) is 0. The minimum Gasteiger partial charge on any atom is -0.493 e. The van der Waals surface area contributed by atoms with Crippen LogP contribution in [0.4, 0.5) is 0 Å². The summed E-state index contributed by atoms with van der Waals surface area (Å²) >= 11 is 9.56. The summed E-state index contributed by atoms with van der Waals surface area (Å²) in [7, 11) is 0. The molecular weight excluding hydrogens is 318 g/mol. The molecule has 0 aliphatic heterocycles. The maximum absolute atomic E-state index is 6.08. The summed E-state index contributed by atoms with van der Waals surface area (Å²) in [4.78, 5) is 4.34. The number of halogens is 2. The first-order valence-electron chi connectivity index (χ1n) is 5.71. The van der Waals surface area contributed by atoms with E-state index in [0.717, 1.165) is 26.9 Å². The van der Waals surface area contributed by atoms with Gasteiger partial charge in [-0.25, -0.2) is 0 Å². The van der Waals surface area contributed by atoms with Crippen molar-refractivity contribution in [1.82, 2.24) is 4.98 Å². The van der Waals surface area contributed by atoms with Gasteiger partial charge in [-0.05, 0) is 41.9 Å². The molecule has 0 amide bonds. The quantitative estimate of drug-likeness (QED) is 0.830. The van der Waals surface area contributed by atoms with Crippen LogP contribution in [0.25, 0.3) is 10.9 Å². The zero-order valence-electron chi connectivity index (χ0n) is 10.2. The lowest BCUT2D eigenvalue weighted by Crippen LogP contribution is -1.98. The number of aromatic nitrogens is 1. The fourth-order valence-corrected chi connectivity index (χ4v) is 2.37. The van der Waals surface area contributed by atoms with Crippen molar-refractivity contribution in [3.8, 4) is 11.5 Å². The molecule has 0 bridgehead atoms. The van der Waals surface area contributed by atoms with E-state index in [0.29, 0.717) is 18.2 Å². The summed E-state index contributed by atoms with van der Waals surface area (Å²) < 4.78 is 11.9. The van der Waals surface area contributed by atoms with Crippen molar-refractivity contribution >= 4 is 38.4 Å². The number of nitrogens with zero attached hydrogens (tertiary/aromatic N) is 1. The van der Waals surface area contributed by atoms with Crippen LogP contribution in [0, 0.1) is 0 Å². The van der Waals surface area contributed by atoms with Gasteiger partial charge in [0.1, 0.15) is 17.0 Å². The fraction of sp³-hybridized carbons (Fsp3) is 0.308. The molecule has 2 aromatic rings. The summed E-state index contributed by atoms with van der Waals surface area (Å²) in [5.74, 6) is 1.48. The van der Waals surface area contributed by atoms with Crippen LogP contribution in [0.15, 0.2) is 22.8 Å². The van der Waals surface area contributed by atoms with Gasteiger partial charge in [0.25, 0.3) is 0 Å². The summed E-state index contributed by atoms with van der Waals surface area (Å²) in [5.41, 5.74) is 0.749. The van der Waals surface area contributed by atoms with Crippen LogP contribution < -0.4 is 9.47 Å². The van der Waals surface area contributed by atoms with Crippen molar-refractivity contribution < 1.29 is 9.47 Å². The van der Waals surface area contributed by atoms with Gasteiger partial charge in [-0.3, -0.25) is 4.98 Å². The highest BCUT2D eigenvalue weighted by Crippen LogP contribution is 2.39. The molecule has 1 heterocycles. The Labute approximate surface area is 119 Å². The van der Waals surface area contributed by atoms with Crippen molar-refractivity contribution in [2.45, 2.75) is 13.8 Å². The standard InChI is InChI=1S/C13H13BrClNO2/c1-3-17-9-5-6-10(18-4-2)13-11(9)12(14)8(15)7-16-13/h5-7H,3-4H2,1-2H3. The third kappa shape index (κ3) is 2.40. The first-order chi connectivity index (χ1) is 8.69. The van der Waals surface area contributed by atoms with Crippen molar-refractivity contribution in [2.24, 2.45) is 0 Å². The average Bonchev–Trinajstić information content (AvgIpc) is 2.36. The highest BCUT2D eigenvalue weighted by molar-refractivity contribution is 9.10. The van der Waals surface area contributed by atoms with E-state index in [-0.39, 0.29) is 0 Å². The lowest BCUT2D eigenvalue weighted by atomic mass is 10.2. The second-order valence-electron chi connectivity index (χ2n) is 3.57. The summed E-state index contributed by atoms with van der Waals surface area (Å²) in [6.45, 7) is 5.05. The first kappa shape index (κ1) is 13.4. The van der Waals surface area contributed by atoms with Crippen LogP contribution in [0.5, 0.6) is 11.5 Å². The Morgan fingerprint density at radius 1 is 1.17 bits per heavy atom. The van der Waals surface area contributed by atoms with Gasteiger partial charge in [-0.1, -0.05) is 11.6 Å². The highest BCUT2D eigenvalue weighted by Gasteiger charge is 2.14. The van der Waals surface area contributed by atoms with Gasteiger partial charge >= 0.3 is 0 Å². The van der Waals surface area contributed by atoms with Gasteiger partial charge < -0.3 is 9.47 Å². The third-order valence-electron chi connectivity index (χ3n) is 2.44. The Morgan fingerprint density at radius 2 is 1.78 bits per heavy atom. The van der Waals surface area contributed by atoms with Crippen molar-refractivity contribution in [3.05, 3.63) is 27.8 Å². The van der Waals surface area contributed by atoms with E-state index in [4.69, 9.17) is 21.1 Å². The van der Waals surface area contributed by atoms with Gasteiger partial charge in [-0.2, -0.15) is 0 Å². The molecule has 2 rings (SSSR count). The fourth-order valence-electron chi connectivity index (χ4n) is 1.74. The molecule has 3 nitrogen and oxygen atoms in total. The topological polar surface area (TPSA) is 31.4 Å². The van der Waals surface area contributed by atoms with Gasteiger partial charge in [-0.15, -0.1) is 0 Å². The second-order valence-corrected chi connectivity index (χ2v) is 4.77. The monoisotopic (exact) mass is 329 g/mol. The molecule has 96 valence electrons. The van der Waals surface area contributed by atoms with E-state index in [2.05, 4.69) is 20.9 Å². The summed E-state index contributed by atoms with van der Waals surface area (Å²) in [6, 6.07) is 3.74. The molecule has 0 spiro atoms. The Hall–Kier alpha value is -1.00. The molecule has 18 heavy (non-hydrogen) atoms. The minimum absolute atomic E-state index is 0.553. The van der Waals surface area contributed by atoms with Gasteiger partial charge in [0.2, 0.25) is 0 Å². The van der Waals surface area contributed by atoms with Crippen LogP contribution in [0.1, 0.15) is 13.8 Å². The number of hydrogen-bond acceptors (Lipinski definition) is 3. The van der Waals surface area contributed by atoms with E-state index < -0.39 is 0 Å². The predicted octanol–water partition coefficient (Wildman–Crippen LogP) is 4.45. The van der Waals surface area contributed by atoms with Crippen LogP contribution in [-0.4, -0.2) is 18.2 Å². The van der Waals surface area contributed by atoms with Crippen LogP contribution in [0.3, 0.4) is 0 Å². The minimum atomic E-state index is 0.553. The van der Waals surface area contributed by atoms with Crippen LogP contribution in [-0.2, 0) is 0 Å². The second kappa shape index (κ2) is 5.76. The molecule has 1 aromatic carbocycles. The zero-order valence-corrected chi connectivity index (χ0v) is 12.5. The largest absolute Gasteiger partial charge is 0.493 e. The summed E-state index contributed by atoms with van der Waals surface area (Å²) in [5, 5.41) is 1.40. The van der Waals surface area contributed by atoms with E-state index >= 15 is 0 Å². The van der Waals surface area contributed by atoms with Crippen molar-refractivity contribution in [3.63, 3.8) is 0 Å². The molecule has 1 aromatic heterocycles. The lowest BCUT2D eigenvalue weighted by molar-refractivity contribution is 0.336. The Morgan fingerprint density at radius 3 is 2.44 bits per heavy atom. The molecule has 0 unspecified atom stereocenters. The average molecular weight is 331 g/mol. The zero-order chi connectivity index (χ0) is 13.1. The Balaban J connectivity index is 2.73. The normalized spacial score (nSPS) is 10.7. The predicted molar refractivity (Wildman–Crippen MR) is 76.8 cm³/mol. The molecule has 0 fully saturated rings. The van der Waals surface area contributed by atoms with Crippen molar-refractivity contribution in [1.29, 1.82) is 0 Å². The lowest BCUT2D eigenvalue weighted by Gasteiger charge is -2.13. The maximum Gasteiger partial charge on any atom is 0.145 e. The summed E-state index contributed by atoms with van der Waals surface area (Å²) in [6.07, 6.45) is 1.60. The smallest absolute Gasteiger partial charge is 0.145 e. The van der Waals surface area contributed by atoms with Crippen molar-refractivity contribution in [2.75, 3.05) is 13.2 Å². The molecule has 0 radical (unpaired) electrons. The van der Waals surface area contributed by atoms with E-state index in [1.807, 2.05) is 26.0 Å². The van der Waals surface area contributed by atoms with Crippen LogP contribution >= 0.6 is 27.5 Å². The molecule has 0 aliphatic carbocycles. The molecule has 0 saturated carbocycles.